The first-order valence-corrected chi connectivity index (χ1v) is 13.6. The number of ether oxygens (including phenoxy) is 1. The second kappa shape index (κ2) is 10.5. The summed E-state index contributed by atoms with van der Waals surface area (Å²) in [6.07, 6.45) is -1.44. The van der Waals surface area contributed by atoms with Gasteiger partial charge >= 0.3 is 12.2 Å². The van der Waals surface area contributed by atoms with E-state index < -0.39 is 17.7 Å². The highest BCUT2D eigenvalue weighted by molar-refractivity contribution is 5.54. The fourth-order valence-corrected chi connectivity index (χ4v) is 6.29. The molecule has 2 aromatic rings. The molecule has 4 heterocycles. The molecule has 0 spiro atoms. The zero-order valence-corrected chi connectivity index (χ0v) is 22.6. The number of rotatable bonds is 5. The summed E-state index contributed by atoms with van der Waals surface area (Å²) in [5, 5.41) is 3.42. The SMILES string of the molecule is Cc1cc(N)nc(C2Cc3nc(OC[C@@H]4CCCN4C)nc(N4CCNC[C@@H]4C)c3CC2C)c1C(F)(F)F. The third-order valence-electron chi connectivity index (χ3n) is 8.43. The number of aromatic nitrogens is 3. The average molecular weight is 534 g/mol. The van der Waals surface area contributed by atoms with Gasteiger partial charge in [0.2, 0.25) is 0 Å². The van der Waals surface area contributed by atoms with Crippen LogP contribution in [0.25, 0.3) is 0 Å². The Morgan fingerprint density at radius 3 is 2.63 bits per heavy atom. The van der Waals surface area contributed by atoms with Gasteiger partial charge in [-0.25, -0.2) is 4.98 Å². The Balaban J connectivity index is 1.54. The lowest BCUT2D eigenvalue weighted by Crippen LogP contribution is -2.50. The number of nitrogen functional groups attached to an aromatic ring is 1. The first kappa shape index (κ1) is 26.9. The highest BCUT2D eigenvalue weighted by Gasteiger charge is 2.42. The molecule has 5 rings (SSSR count). The van der Waals surface area contributed by atoms with E-state index in [1.54, 1.807) is 0 Å². The summed E-state index contributed by atoms with van der Waals surface area (Å²) in [5.41, 5.74) is 7.12. The zero-order chi connectivity index (χ0) is 27.2. The topological polar surface area (TPSA) is 92.4 Å². The Bertz CT molecular complexity index is 1170. The molecule has 0 aromatic carbocycles. The summed E-state index contributed by atoms with van der Waals surface area (Å²) in [6.45, 7) is 9.58. The van der Waals surface area contributed by atoms with Crippen LogP contribution in [-0.2, 0) is 19.0 Å². The Labute approximate surface area is 222 Å². The molecule has 2 aromatic heterocycles. The molecule has 0 bridgehead atoms. The fraction of sp³-hybridized carbons (Fsp3) is 0.667. The van der Waals surface area contributed by atoms with E-state index in [2.05, 4.69) is 34.1 Å². The number of nitrogens with one attached hydrogen (secondary N) is 1. The molecule has 2 aliphatic heterocycles. The minimum atomic E-state index is -4.52. The number of nitrogens with two attached hydrogens (primary N) is 1. The predicted molar refractivity (Wildman–Crippen MR) is 141 cm³/mol. The van der Waals surface area contributed by atoms with Gasteiger partial charge in [0.25, 0.3) is 0 Å². The third-order valence-corrected chi connectivity index (χ3v) is 8.43. The van der Waals surface area contributed by atoms with Crippen LogP contribution in [0, 0.1) is 12.8 Å². The number of pyridine rings is 1. The number of aryl methyl sites for hydroxylation is 1. The van der Waals surface area contributed by atoms with Gasteiger partial charge in [0.1, 0.15) is 18.2 Å². The van der Waals surface area contributed by atoms with E-state index in [0.29, 0.717) is 31.5 Å². The van der Waals surface area contributed by atoms with E-state index in [4.69, 9.17) is 20.4 Å². The molecule has 2 fully saturated rings. The predicted octanol–water partition coefficient (Wildman–Crippen LogP) is 3.57. The Kier molecular flexibility index (Phi) is 7.43. The lowest BCUT2D eigenvalue weighted by atomic mass is 9.75. The molecule has 8 nitrogen and oxygen atoms in total. The maximum absolute atomic E-state index is 14.2. The number of halogens is 3. The lowest BCUT2D eigenvalue weighted by molar-refractivity contribution is -0.139. The minimum Gasteiger partial charge on any atom is -0.462 e. The summed E-state index contributed by atoms with van der Waals surface area (Å²) >= 11 is 0. The van der Waals surface area contributed by atoms with Gasteiger partial charge in [-0.2, -0.15) is 23.1 Å². The van der Waals surface area contributed by atoms with Gasteiger partial charge in [0, 0.05) is 43.2 Å². The van der Waals surface area contributed by atoms with Crippen molar-refractivity contribution in [2.75, 3.05) is 50.5 Å². The van der Waals surface area contributed by atoms with Gasteiger partial charge in [-0.15, -0.1) is 0 Å². The van der Waals surface area contributed by atoms with Crippen molar-refractivity contribution >= 4 is 11.6 Å². The molecule has 0 amide bonds. The number of likely N-dealkylation sites (N-methyl/N-ethyl adjacent to an activating group) is 1. The van der Waals surface area contributed by atoms with Gasteiger partial charge in [0.05, 0.1) is 17.0 Å². The monoisotopic (exact) mass is 533 g/mol. The molecule has 1 aliphatic carbocycles. The Morgan fingerprint density at radius 2 is 1.95 bits per heavy atom. The highest BCUT2D eigenvalue weighted by Crippen LogP contribution is 2.45. The summed E-state index contributed by atoms with van der Waals surface area (Å²) in [6, 6.07) is 2.12. The van der Waals surface area contributed by atoms with Crippen LogP contribution < -0.4 is 20.7 Å². The second-order valence-corrected chi connectivity index (χ2v) is 11.2. The lowest BCUT2D eigenvalue weighted by Gasteiger charge is -2.39. The first-order chi connectivity index (χ1) is 18.0. The van der Waals surface area contributed by atoms with Crippen LogP contribution in [0.5, 0.6) is 6.01 Å². The summed E-state index contributed by atoms with van der Waals surface area (Å²) < 4.78 is 48.7. The van der Waals surface area contributed by atoms with Crippen LogP contribution in [0.15, 0.2) is 6.07 Å². The van der Waals surface area contributed by atoms with Crippen molar-refractivity contribution in [1.82, 2.24) is 25.2 Å². The smallest absolute Gasteiger partial charge is 0.418 e. The van der Waals surface area contributed by atoms with Gasteiger partial charge in [-0.05, 0) is 70.7 Å². The van der Waals surface area contributed by atoms with Crippen molar-refractivity contribution in [3.63, 3.8) is 0 Å². The number of hydrogen-bond donors (Lipinski definition) is 2. The van der Waals surface area contributed by atoms with Gasteiger partial charge in [-0.1, -0.05) is 6.92 Å². The molecular weight excluding hydrogens is 495 g/mol. The van der Waals surface area contributed by atoms with Crippen molar-refractivity contribution in [2.45, 2.75) is 70.6 Å². The number of anilines is 2. The van der Waals surface area contributed by atoms with Crippen molar-refractivity contribution in [3.8, 4) is 6.01 Å². The van der Waals surface area contributed by atoms with Crippen LogP contribution >= 0.6 is 0 Å². The van der Waals surface area contributed by atoms with Crippen LogP contribution in [0.3, 0.4) is 0 Å². The van der Waals surface area contributed by atoms with Crippen LogP contribution in [-0.4, -0.2) is 71.8 Å². The molecular formula is C27H38F3N7O. The molecule has 0 saturated carbocycles. The Morgan fingerprint density at radius 1 is 1.16 bits per heavy atom. The van der Waals surface area contributed by atoms with Crippen LogP contribution in [0.1, 0.15) is 60.7 Å². The zero-order valence-electron chi connectivity index (χ0n) is 22.6. The number of piperazine rings is 1. The quantitative estimate of drug-likeness (QED) is 0.603. The average Bonchev–Trinajstić information content (AvgIpc) is 3.25. The van der Waals surface area contributed by atoms with Crippen molar-refractivity contribution in [3.05, 3.63) is 34.1 Å². The molecule has 3 aliphatic rings. The van der Waals surface area contributed by atoms with Crippen molar-refractivity contribution < 1.29 is 17.9 Å². The molecule has 2 unspecified atom stereocenters. The Hall–Kier alpha value is -2.66. The molecule has 2 saturated heterocycles. The van der Waals surface area contributed by atoms with Gasteiger partial charge in [0.15, 0.2) is 0 Å². The van der Waals surface area contributed by atoms with Gasteiger partial charge in [-0.3, -0.25) is 0 Å². The second-order valence-electron chi connectivity index (χ2n) is 11.2. The molecule has 4 atom stereocenters. The summed E-state index contributed by atoms with van der Waals surface area (Å²) in [7, 11) is 2.09. The number of fused-ring (bicyclic) bond motifs is 1. The van der Waals surface area contributed by atoms with E-state index in [1.807, 2.05) is 6.92 Å². The first-order valence-electron chi connectivity index (χ1n) is 13.6. The molecule has 38 heavy (non-hydrogen) atoms. The minimum absolute atomic E-state index is 0.0129. The number of likely N-dealkylation sites (tertiary alicyclic amines) is 1. The van der Waals surface area contributed by atoms with Crippen LogP contribution in [0.4, 0.5) is 24.8 Å². The number of nitrogens with zero attached hydrogens (tertiary/aromatic N) is 5. The normalized spacial score (nSPS) is 26.4. The maximum atomic E-state index is 14.2. The van der Waals surface area contributed by atoms with Crippen molar-refractivity contribution in [2.24, 2.45) is 5.92 Å². The number of hydrogen-bond acceptors (Lipinski definition) is 8. The van der Waals surface area contributed by atoms with E-state index in [1.165, 1.54) is 13.0 Å². The van der Waals surface area contributed by atoms with E-state index in [0.717, 1.165) is 56.1 Å². The molecule has 11 heteroatoms. The standard InChI is InChI=1S/C27H38F3N7O/c1-15-10-20-21(12-19(15)24-23(27(28,29)30)16(2)11-22(31)34-24)33-26(38-14-18-6-5-8-36(18)4)35-25(20)37-9-7-32-13-17(37)3/h11,15,17-19,32H,5-10,12-14H2,1-4H3,(H2,31,34)/t15?,17-,18-,19?/m0/s1. The van der Waals surface area contributed by atoms with Crippen molar-refractivity contribution in [1.29, 1.82) is 0 Å². The number of alkyl halides is 3. The maximum Gasteiger partial charge on any atom is 0.418 e. The van der Waals surface area contributed by atoms with Gasteiger partial charge < -0.3 is 25.6 Å². The summed E-state index contributed by atoms with van der Waals surface area (Å²) in [4.78, 5) is 18.5. The fourth-order valence-electron chi connectivity index (χ4n) is 6.29. The largest absolute Gasteiger partial charge is 0.462 e. The van der Waals surface area contributed by atoms with E-state index in [9.17, 15) is 13.2 Å². The van der Waals surface area contributed by atoms with E-state index in [-0.39, 0.29) is 29.0 Å². The molecule has 208 valence electrons. The highest BCUT2D eigenvalue weighted by atomic mass is 19.4. The van der Waals surface area contributed by atoms with E-state index >= 15 is 0 Å². The third kappa shape index (κ3) is 5.27. The van der Waals surface area contributed by atoms with Crippen LogP contribution in [0.2, 0.25) is 0 Å². The molecule has 3 N–H and O–H groups in total. The summed E-state index contributed by atoms with van der Waals surface area (Å²) in [5.74, 6) is 0.373. The molecule has 0 radical (unpaired) electrons.